The first-order chi connectivity index (χ1) is 33.6. The Balaban J connectivity index is 1.18. The van der Waals surface area contributed by atoms with Gasteiger partial charge in [-0.25, -0.2) is 0 Å². The van der Waals surface area contributed by atoms with Crippen molar-refractivity contribution in [1.29, 1.82) is 0 Å². The highest BCUT2D eigenvalue weighted by Gasteiger charge is 2.54. The van der Waals surface area contributed by atoms with Crippen LogP contribution < -0.4 is 0 Å². The van der Waals surface area contributed by atoms with Crippen molar-refractivity contribution in [2.24, 2.45) is 0 Å². The Morgan fingerprint density at radius 2 is 0.721 bits per heavy atom. The van der Waals surface area contributed by atoms with Crippen molar-refractivity contribution in [3.8, 4) is 12.3 Å². The zero-order valence-electron chi connectivity index (χ0n) is 38.1. The van der Waals surface area contributed by atoms with Crippen LogP contribution >= 0.6 is 0 Å². The molecule has 2 aliphatic heterocycles. The first-order valence-electron chi connectivity index (χ1n) is 23.2. The first-order valence-corrected chi connectivity index (χ1v) is 23.2. The molecule has 2 heterocycles. The van der Waals surface area contributed by atoms with Gasteiger partial charge in [0.15, 0.2) is 12.6 Å². The lowest BCUT2D eigenvalue weighted by molar-refractivity contribution is -0.374. The maximum Gasteiger partial charge on any atom is 0.187 e. The summed E-state index contributed by atoms with van der Waals surface area (Å²) in [6.07, 6.45) is -3.80. The molecule has 0 aliphatic carbocycles. The number of hydrogen-bond donors (Lipinski definition) is 1. The van der Waals surface area contributed by atoms with Gasteiger partial charge in [0.2, 0.25) is 0 Å². The number of rotatable bonds is 24. The van der Waals surface area contributed by atoms with Gasteiger partial charge in [-0.2, -0.15) is 0 Å². The standard InChI is InChI=1S/C57H60O11/c1-2-33-59-40-48-50(61-35-43-23-11-4-12-24-43)52(62-36-44-25-13-5-14-26-44)55(65-39-47-31-19-8-20-32-47)57(67-48)68-51-49(41-60-34-42-21-9-3-10-22-42)66-56(58)54(64-38-46-29-17-7-18-30-46)53(51)63-37-45-27-15-6-16-28-45/h1,3-32,48-58H,33-41H2/t48-,49-,50-,51-,52+,53+,54-,55-,56-,57-/m1/s1. The second kappa shape index (κ2) is 26.3. The molecule has 6 aromatic rings. The van der Waals surface area contributed by atoms with E-state index in [9.17, 15) is 5.11 Å². The maximum atomic E-state index is 11.9. The molecule has 6 aromatic carbocycles. The lowest BCUT2D eigenvalue weighted by Crippen LogP contribution is -2.66. The highest BCUT2D eigenvalue weighted by atomic mass is 16.8. The van der Waals surface area contributed by atoms with Crippen molar-refractivity contribution in [2.75, 3.05) is 19.8 Å². The van der Waals surface area contributed by atoms with Crippen LogP contribution in [-0.4, -0.2) is 86.3 Å². The van der Waals surface area contributed by atoms with Gasteiger partial charge in [0.1, 0.15) is 55.4 Å². The third-order valence-electron chi connectivity index (χ3n) is 11.8. The Kier molecular flexibility index (Phi) is 18.9. The van der Waals surface area contributed by atoms with Crippen LogP contribution in [-0.2, 0) is 87.0 Å². The van der Waals surface area contributed by atoms with Crippen LogP contribution in [0.15, 0.2) is 182 Å². The molecule has 0 spiro atoms. The number of aliphatic hydroxyl groups is 1. The van der Waals surface area contributed by atoms with Crippen LogP contribution in [0.3, 0.4) is 0 Å². The summed E-state index contributed by atoms with van der Waals surface area (Å²) in [5, 5.41) is 11.9. The quantitative estimate of drug-likeness (QED) is 0.0466. The van der Waals surface area contributed by atoms with E-state index >= 15 is 0 Å². The van der Waals surface area contributed by atoms with Gasteiger partial charge in [0.25, 0.3) is 0 Å². The first kappa shape index (κ1) is 48.9. The topological polar surface area (TPSA) is 113 Å². The molecule has 0 unspecified atom stereocenters. The SMILES string of the molecule is C#CCOC[C@H]1O[C@H](O[C@H]2[C@H](OCc3ccccc3)[C@@H](OCc3ccccc3)[C@H](O)O[C@@H]2COCc2ccccc2)[C@H](OCc2ccccc2)[C@@H](OCc2ccccc2)[C@@H]1OCc1ccccc1. The minimum atomic E-state index is -1.41. The van der Waals surface area contributed by atoms with Gasteiger partial charge in [-0.15, -0.1) is 6.42 Å². The van der Waals surface area contributed by atoms with Crippen molar-refractivity contribution in [2.45, 2.75) is 101 Å². The molecule has 0 amide bonds. The van der Waals surface area contributed by atoms with Gasteiger partial charge in [-0.05, 0) is 33.4 Å². The zero-order valence-corrected chi connectivity index (χ0v) is 38.1. The molecular formula is C57H60O11. The van der Waals surface area contributed by atoms with Crippen LogP contribution in [0.4, 0.5) is 0 Å². The average molecular weight is 921 g/mol. The fraction of sp³-hybridized carbons (Fsp3) is 0.333. The summed E-state index contributed by atoms with van der Waals surface area (Å²) >= 11 is 0. The highest BCUT2D eigenvalue weighted by molar-refractivity contribution is 5.18. The molecule has 11 heteroatoms. The molecule has 2 saturated heterocycles. The van der Waals surface area contributed by atoms with Gasteiger partial charge in [-0.3, -0.25) is 0 Å². The maximum absolute atomic E-state index is 11.9. The van der Waals surface area contributed by atoms with Gasteiger partial charge in [0.05, 0.1) is 52.9 Å². The summed E-state index contributed by atoms with van der Waals surface area (Å²) < 4.78 is 67.4. The second-order valence-corrected chi connectivity index (χ2v) is 16.7. The van der Waals surface area contributed by atoms with Crippen LogP contribution in [0.1, 0.15) is 33.4 Å². The third-order valence-corrected chi connectivity index (χ3v) is 11.8. The van der Waals surface area contributed by atoms with Crippen molar-refractivity contribution in [3.05, 3.63) is 215 Å². The van der Waals surface area contributed by atoms with Gasteiger partial charge in [-0.1, -0.05) is 188 Å². The molecule has 354 valence electrons. The van der Waals surface area contributed by atoms with Crippen molar-refractivity contribution in [3.63, 3.8) is 0 Å². The molecule has 2 fully saturated rings. The number of aliphatic hydroxyl groups excluding tert-OH is 1. The second-order valence-electron chi connectivity index (χ2n) is 16.7. The summed E-state index contributed by atoms with van der Waals surface area (Å²) in [6, 6.07) is 59.1. The highest BCUT2D eigenvalue weighted by Crippen LogP contribution is 2.36. The fourth-order valence-corrected chi connectivity index (χ4v) is 8.34. The van der Waals surface area contributed by atoms with Gasteiger partial charge < -0.3 is 52.5 Å². The molecule has 0 saturated carbocycles. The minimum absolute atomic E-state index is 0.0287. The van der Waals surface area contributed by atoms with Crippen LogP contribution in [0, 0.1) is 12.3 Å². The number of ether oxygens (including phenoxy) is 10. The molecule has 0 aromatic heterocycles. The van der Waals surface area contributed by atoms with Crippen molar-refractivity contribution in [1.82, 2.24) is 0 Å². The molecular weight excluding hydrogens is 861 g/mol. The summed E-state index contributed by atoms with van der Waals surface area (Å²) in [7, 11) is 0. The number of hydrogen-bond acceptors (Lipinski definition) is 11. The van der Waals surface area contributed by atoms with E-state index in [0.29, 0.717) is 6.61 Å². The van der Waals surface area contributed by atoms with Crippen LogP contribution in [0.5, 0.6) is 0 Å². The van der Waals surface area contributed by atoms with E-state index in [0.717, 1.165) is 33.4 Å². The van der Waals surface area contributed by atoms with E-state index in [4.69, 9.17) is 53.8 Å². The van der Waals surface area contributed by atoms with E-state index in [1.54, 1.807) is 0 Å². The number of terminal acetylenes is 1. The Labute approximate surface area is 399 Å². The third kappa shape index (κ3) is 14.2. The Bertz CT molecular complexity index is 2340. The van der Waals surface area contributed by atoms with Gasteiger partial charge >= 0.3 is 0 Å². The van der Waals surface area contributed by atoms with E-state index in [1.807, 2.05) is 182 Å². The predicted molar refractivity (Wildman–Crippen MR) is 255 cm³/mol. The molecule has 8 rings (SSSR count). The summed E-state index contributed by atoms with van der Waals surface area (Å²) in [5.74, 6) is 2.57. The van der Waals surface area contributed by atoms with Crippen molar-refractivity contribution >= 4 is 0 Å². The normalized spacial score (nSPS) is 24.8. The van der Waals surface area contributed by atoms with E-state index in [1.165, 1.54) is 0 Å². The molecule has 0 radical (unpaired) electrons. The summed E-state index contributed by atoms with van der Waals surface area (Å²) in [6.45, 7) is 1.47. The van der Waals surface area contributed by atoms with Gasteiger partial charge in [0, 0.05) is 0 Å². The van der Waals surface area contributed by atoms with Crippen LogP contribution in [0.2, 0.25) is 0 Å². The predicted octanol–water partition coefficient (Wildman–Crippen LogP) is 8.61. The smallest absolute Gasteiger partial charge is 0.187 e. The number of benzene rings is 6. The van der Waals surface area contributed by atoms with E-state index < -0.39 is 61.4 Å². The minimum Gasteiger partial charge on any atom is -0.374 e. The fourth-order valence-electron chi connectivity index (χ4n) is 8.34. The summed E-state index contributed by atoms with van der Waals surface area (Å²) in [5.41, 5.74) is 5.66. The van der Waals surface area contributed by atoms with E-state index in [2.05, 4.69) is 5.92 Å². The molecule has 2 aliphatic rings. The lowest BCUT2D eigenvalue weighted by Gasteiger charge is -2.49. The molecule has 10 atom stereocenters. The molecule has 1 N–H and O–H groups in total. The Morgan fingerprint density at radius 1 is 0.382 bits per heavy atom. The average Bonchev–Trinajstić information content (AvgIpc) is 3.39. The molecule has 0 bridgehead atoms. The molecule has 11 nitrogen and oxygen atoms in total. The Hall–Kier alpha value is -5.56. The Morgan fingerprint density at radius 3 is 1.15 bits per heavy atom. The molecule has 68 heavy (non-hydrogen) atoms. The lowest BCUT2D eigenvalue weighted by atomic mass is 9.95. The largest absolute Gasteiger partial charge is 0.374 e. The van der Waals surface area contributed by atoms with E-state index in [-0.39, 0.29) is 52.9 Å². The summed E-state index contributed by atoms with van der Waals surface area (Å²) in [4.78, 5) is 0. The van der Waals surface area contributed by atoms with Crippen LogP contribution in [0.25, 0.3) is 0 Å². The zero-order chi connectivity index (χ0) is 46.6. The van der Waals surface area contributed by atoms with Crippen molar-refractivity contribution < 1.29 is 52.5 Å². The monoisotopic (exact) mass is 920 g/mol.